The summed E-state index contributed by atoms with van der Waals surface area (Å²) in [6.45, 7) is 3.49. The van der Waals surface area contributed by atoms with Crippen LogP contribution in [-0.4, -0.2) is 57.8 Å². The minimum Gasteiger partial charge on any atom is -0.481 e. The van der Waals surface area contributed by atoms with Crippen molar-refractivity contribution in [2.24, 2.45) is 11.7 Å². The molecule has 0 aromatic carbocycles. The zero-order valence-electron chi connectivity index (χ0n) is 13.0. The summed E-state index contributed by atoms with van der Waals surface area (Å²) in [5, 5.41) is 22.2. The van der Waals surface area contributed by atoms with Gasteiger partial charge in [0.25, 0.3) is 0 Å². The lowest BCUT2D eigenvalue weighted by molar-refractivity contribution is -0.142. The van der Waals surface area contributed by atoms with Gasteiger partial charge in [0.1, 0.15) is 12.1 Å². The van der Waals surface area contributed by atoms with Crippen LogP contribution in [0.3, 0.4) is 0 Å². The second-order valence-corrected chi connectivity index (χ2v) is 5.52. The van der Waals surface area contributed by atoms with E-state index < -0.39 is 48.3 Å². The lowest BCUT2D eigenvalue weighted by Crippen LogP contribution is -2.57. The third kappa shape index (κ3) is 7.33. The molecule has 0 fully saturated rings. The van der Waals surface area contributed by atoms with Gasteiger partial charge >= 0.3 is 11.9 Å². The molecular formula is C13H23N3O6S. The van der Waals surface area contributed by atoms with Gasteiger partial charge in [-0.2, -0.15) is 12.6 Å². The van der Waals surface area contributed by atoms with Crippen LogP contribution in [0.1, 0.15) is 26.7 Å². The second kappa shape index (κ2) is 10.1. The van der Waals surface area contributed by atoms with E-state index in [0.717, 1.165) is 0 Å². The van der Waals surface area contributed by atoms with Crippen LogP contribution >= 0.6 is 12.6 Å². The van der Waals surface area contributed by atoms with Crippen molar-refractivity contribution < 1.29 is 29.4 Å². The van der Waals surface area contributed by atoms with Crippen molar-refractivity contribution >= 4 is 36.4 Å². The minimum absolute atomic E-state index is 0.110. The molecule has 4 unspecified atom stereocenters. The van der Waals surface area contributed by atoms with E-state index in [1.54, 1.807) is 13.8 Å². The van der Waals surface area contributed by atoms with E-state index in [-0.39, 0.29) is 11.7 Å². The Morgan fingerprint density at radius 2 is 1.70 bits per heavy atom. The highest BCUT2D eigenvalue weighted by Crippen LogP contribution is 2.09. The molecule has 0 aliphatic heterocycles. The van der Waals surface area contributed by atoms with Crippen molar-refractivity contribution in [3.8, 4) is 0 Å². The van der Waals surface area contributed by atoms with Crippen molar-refractivity contribution in [1.29, 1.82) is 0 Å². The van der Waals surface area contributed by atoms with E-state index in [4.69, 9.17) is 15.9 Å². The number of thiol groups is 1. The summed E-state index contributed by atoms with van der Waals surface area (Å²) in [7, 11) is 0. The zero-order chi connectivity index (χ0) is 18.2. The zero-order valence-corrected chi connectivity index (χ0v) is 13.9. The van der Waals surface area contributed by atoms with Crippen molar-refractivity contribution in [1.82, 2.24) is 10.6 Å². The maximum Gasteiger partial charge on any atom is 0.327 e. The molecule has 9 nitrogen and oxygen atoms in total. The van der Waals surface area contributed by atoms with Crippen LogP contribution in [-0.2, 0) is 19.2 Å². The number of aliphatic carboxylic acids is 2. The molecule has 0 spiro atoms. The van der Waals surface area contributed by atoms with Gasteiger partial charge < -0.3 is 26.6 Å². The van der Waals surface area contributed by atoms with E-state index in [0.29, 0.717) is 6.42 Å². The Morgan fingerprint density at radius 1 is 1.13 bits per heavy atom. The number of carboxylic acid groups (broad SMARTS) is 2. The van der Waals surface area contributed by atoms with Gasteiger partial charge in [0.15, 0.2) is 0 Å². The average molecular weight is 349 g/mol. The number of nitrogens with one attached hydrogen (secondary N) is 2. The third-order valence-electron chi connectivity index (χ3n) is 3.32. The standard InChI is InChI=1S/C13H23N3O6S/c1-3-6(2)10(12(20)15-8(5-23)13(21)22)16-11(19)7(14)4-9(17)18/h6-8,10,23H,3-5,14H2,1-2H3,(H,15,20)(H,16,19)(H,17,18)(H,21,22). The van der Waals surface area contributed by atoms with Gasteiger partial charge in [-0.25, -0.2) is 4.79 Å². The van der Waals surface area contributed by atoms with Crippen molar-refractivity contribution in [2.45, 2.75) is 44.8 Å². The van der Waals surface area contributed by atoms with Crippen molar-refractivity contribution in [3.05, 3.63) is 0 Å². The Morgan fingerprint density at radius 3 is 2.09 bits per heavy atom. The minimum atomic E-state index is -1.30. The van der Waals surface area contributed by atoms with Crippen LogP contribution in [0.4, 0.5) is 0 Å². The molecule has 0 aromatic rings. The molecule has 10 heteroatoms. The molecule has 0 saturated carbocycles. The van der Waals surface area contributed by atoms with Gasteiger partial charge in [0.2, 0.25) is 11.8 Å². The van der Waals surface area contributed by atoms with Gasteiger partial charge in [-0.05, 0) is 5.92 Å². The SMILES string of the molecule is CCC(C)C(NC(=O)C(N)CC(=O)O)C(=O)NC(CS)C(=O)O. The summed E-state index contributed by atoms with van der Waals surface area (Å²) in [4.78, 5) is 45.6. The number of carboxylic acids is 2. The Kier molecular flexibility index (Phi) is 9.27. The number of amides is 2. The second-order valence-electron chi connectivity index (χ2n) is 5.16. The summed E-state index contributed by atoms with van der Waals surface area (Å²) in [6, 6.07) is -3.51. The molecule has 0 heterocycles. The van der Waals surface area contributed by atoms with Crippen LogP contribution in [0.2, 0.25) is 0 Å². The molecule has 23 heavy (non-hydrogen) atoms. The Hall–Kier alpha value is -1.81. The molecule has 4 atom stereocenters. The molecule has 0 rings (SSSR count). The number of carbonyl (C=O) groups excluding carboxylic acids is 2. The fourth-order valence-electron chi connectivity index (χ4n) is 1.69. The number of hydrogen-bond acceptors (Lipinski definition) is 6. The molecule has 0 aliphatic carbocycles. The summed E-state index contributed by atoms with van der Waals surface area (Å²) in [5.41, 5.74) is 5.45. The lowest BCUT2D eigenvalue weighted by atomic mass is 9.97. The number of hydrogen-bond donors (Lipinski definition) is 6. The van der Waals surface area contributed by atoms with Gasteiger partial charge in [0.05, 0.1) is 12.5 Å². The Labute approximate surface area is 139 Å². The fourth-order valence-corrected chi connectivity index (χ4v) is 1.94. The predicted molar refractivity (Wildman–Crippen MR) is 85.0 cm³/mol. The van der Waals surface area contributed by atoms with Crippen LogP contribution in [0.25, 0.3) is 0 Å². The predicted octanol–water partition coefficient (Wildman–Crippen LogP) is -1.18. The summed E-state index contributed by atoms with van der Waals surface area (Å²) in [6.07, 6.45) is -0.0415. The van der Waals surface area contributed by atoms with E-state index in [1.807, 2.05) is 0 Å². The normalized spacial score (nSPS) is 15.8. The van der Waals surface area contributed by atoms with Gasteiger partial charge in [-0.15, -0.1) is 0 Å². The monoisotopic (exact) mass is 349 g/mol. The molecular weight excluding hydrogens is 326 g/mol. The molecule has 0 aliphatic rings. The molecule has 0 aromatic heterocycles. The van der Waals surface area contributed by atoms with Gasteiger partial charge in [-0.1, -0.05) is 20.3 Å². The average Bonchev–Trinajstić information content (AvgIpc) is 2.47. The van der Waals surface area contributed by atoms with E-state index in [9.17, 15) is 19.2 Å². The van der Waals surface area contributed by atoms with Gasteiger partial charge in [-0.3, -0.25) is 14.4 Å². The fraction of sp³-hybridized carbons (Fsp3) is 0.692. The molecule has 0 saturated heterocycles. The number of nitrogens with two attached hydrogens (primary N) is 1. The topological polar surface area (TPSA) is 159 Å². The molecule has 0 bridgehead atoms. The first-order chi connectivity index (χ1) is 10.6. The Balaban J connectivity index is 5.00. The van der Waals surface area contributed by atoms with Crippen LogP contribution in [0, 0.1) is 5.92 Å². The van der Waals surface area contributed by atoms with E-state index >= 15 is 0 Å². The van der Waals surface area contributed by atoms with E-state index in [1.165, 1.54) is 0 Å². The highest BCUT2D eigenvalue weighted by molar-refractivity contribution is 7.80. The number of carbonyl (C=O) groups is 4. The molecule has 0 radical (unpaired) electrons. The largest absolute Gasteiger partial charge is 0.481 e. The third-order valence-corrected chi connectivity index (χ3v) is 3.69. The first-order valence-electron chi connectivity index (χ1n) is 7.05. The maximum atomic E-state index is 12.2. The van der Waals surface area contributed by atoms with Crippen LogP contribution in [0.15, 0.2) is 0 Å². The highest BCUT2D eigenvalue weighted by atomic mass is 32.1. The first-order valence-corrected chi connectivity index (χ1v) is 7.69. The smallest absolute Gasteiger partial charge is 0.327 e. The summed E-state index contributed by atoms with van der Waals surface area (Å²) < 4.78 is 0. The van der Waals surface area contributed by atoms with Crippen LogP contribution < -0.4 is 16.4 Å². The molecule has 6 N–H and O–H groups in total. The van der Waals surface area contributed by atoms with Crippen molar-refractivity contribution in [3.63, 3.8) is 0 Å². The highest BCUT2D eigenvalue weighted by Gasteiger charge is 2.30. The van der Waals surface area contributed by atoms with Crippen molar-refractivity contribution in [2.75, 3.05) is 5.75 Å². The maximum absolute atomic E-state index is 12.2. The molecule has 2 amide bonds. The summed E-state index contributed by atoms with van der Waals surface area (Å²) in [5.74, 6) is -4.36. The summed E-state index contributed by atoms with van der Waals surface area (Å²) >= 11 is 3.84. The molecule has 132 valence electrons. The lowest BCUT2D eigenvalue weighted by Gasteiger charge is -2.26. The first kappa shape index (κ1) is 21.2. The van der Waals surface area contributed by atoms with Gasteiger partial charge in [0, 0.05) is 5.75 Å². The number of rotatable bonds is 10. The van der Waals surface area contributed by atoms with Crippen LogP contribution in [0.5, 0.6) is 0 Å². The van der Waals surface area contributed by atoms with E-state index in [2.05, 4.69) is 23.3 Å². The quantitative estimate of drug-likeness (QED) is 0.271. The Bertz CT molecular complexity index is 459.